The summed E-state index contributed by atoms with van der Waals surface area (Å²) in [6.07, 6.45) is 3.79. The maximum atomic E-state index is 12.1. The van der Waals surface area contributed by atoms with Gasteiger partial charge in [0.05, 0.1) is 25.5 Å². The van der Waals surface area contributed by atoms with E-state index in [-0.39, 0.29) is 5.91 Å². The zero-order chi connectivity index (χ0) is 13.8. The fourth-order valence-corrected chi connectivity index (χ4v) is 2.51. The zero-order valence-electron chi connectivity index (χ0n) is 11.4. The van der Waals surface area contributed by atoms with Crippen molar-refractivity contribution in [1.82, 2.24) is 30.7 Å². The molecule has 2 aliphatic heterocycles. The van der Waals surface area contributed by atoms with E-state index < -0.39 is 0 Å². The van der Waals surface area contributed by atoms with E-state index in [4.69, 9.17) is 4.74 Å². The minimum absolute atomic E-state index is 0.202. The largest absolute Gasteiger partial charge is 0.379 e. The third-order valence-electron chi connectivity index (χ3n) is 3.70. The van der Waals surface area contributed by atoms with Gasteiger partial charge in [-0.3, -0.25) is 10.2 Å². The molecule has 2 N–H and O–H groups in total. The van der Waals surface area contributed by atoms with Crippen molar-refractivity contribution in [1.29, 1.82) is 0 Å². The Morgan fingerprint density at radius 2 is 2.10 bits per heavy atom. The number of carbonyl (C=O) groups excluding carboxylic acids is 1. The first-order chi connectivity index (χ1) is 9.83. The fraction of sp³-hybridized carbons (Fsp3) is 0.750. The smallest absolute Gasteiger partial charge is 0.287 e. The number of amides is 1. The predicted octanol–water partition coefficient (Wildman–Crippen LogP) is -0.820. The third-order valence-corrected chi connectivity index (χ3v) is 3.70. The van der Waals surface area contributed by atoms with Gasteiger partial charge in [-0.25, -0.2) is 9.69 Å². The molecule has 8 heteroatoms. The fourth-order valence-electron chi connectivity index (χ4n) is 2.51. The topological polar surface area (TPSA) is 84.3 Å². The van der Waals surface area contributed by atoms with Crippen LogP contribution >= 0.6 is 0 Å². The molecule has 0 bridgehead atoms. The van der Waals surface area contributed by atoms with Gasteiger partial charge in [0.1, 0.15) is 0 Å². The molecule has 0 saturated carbocycles. The molecule has 0 unspecified atom stereocenters. The van der Waals surface area contributed by atoms with E-state index in [2.05, 4.69) is 21.1 Å². The Balaban J connectivity index is 1.58. The van der Waals surface area contributed by atoms with E-state index in [0.717, 1.165) is 25.9 Å². The monoisotopic (exact) mass is 280 g/mol. The van der Waals surface area contributed by atoms with Crippen LogP contribution in [-0.4, -0.2) is 65.3 Å². The van der Waals surface area contributed by atoms with Gasteiger partial charge in [0.2, 0.25) is 0 Å². The number of hydrogen-bond acceptors (Lipinski definition) is 6. The number of ether oxygens (including phenoxy) is 1. The Hall–Kier alpha value is -1.51. The highest BCUT2D eigenvalue weighted by Gasteiger charge is 2.20. The van der Waals surface area contributed by atoms with Crippen molar-refractivity contribution in [3.63, 3.8) is 0 Å². The quantitative estimate of drug-likeness (QED) is 0.752. The summed E-state index contributed by atoms with van der Waals surface area (Å²) < 4.78 is 7.05. The summed E-state index contributed by atoms with van der Waals surface area (Å²) >= 11 is 0. The van der Waals surface area contributed by atoms with Crippen LogP contribution in [0.15, 0.2) is 6.20 Å². The van der Waals surface area contributed by atoms with Crippen molar-refractivity contribution in [2.75, 3.05) is 39.4 Å². The van der Waals surface area contributed by atoms with E-state index in [1.807, 2.05) is 9.69 Å². The summed E-state index contributed by atoms with van der Waals surface area (Å²) in [4.78, 5) is 12.1. The first kappa shape index (κ1) is 13.5. The van der Waals surface area contributed by atoms with E-state index in [0.29, 0.717) is 38.0 Å². The average Bonchev–Trinajstić information content (AvgIpc) is 2.99. The third kappa shape index (κ3) is 3.14. The number of hydrogen-bond donors (Lipinski definition) is 2. The second-order valence-corrected chi connectivity index (χ2v) is 5.11. The van der Waals surface area contributed by atoms with Crippen LogP contribution in [0.4, 0.5) is 0 Å². The Kier molecular flexibility index (Phi) is 4.24. The predicted molar refractivity (Wildman–Crippen MR) is 71.0 cm³/mol. The molecule has 2 aliphatic rings. The van der Waals surface area contributed by atoms with E-state index >= 15 is 0 Å². The molecule has 3 heterocycles. The number of hydrazine groups is 1. The van der Waals surface area contributed by atoms with Crippen molar-refractivity contribution in [2.45, 2.75) is 18.9 Å². The van der Waals surface area contributed by atoms with Crippen molar-refractivity contribution < 1.29 is 9.53 Å². The minimum Gasteiger partial charge on any atom is -0.379 e. The van der Waals surface area contributed by atoms with Gasteiger partial charge in [-0.2, -0.15) is 0 Å². The highest BCUT2D eigenvalue weighted by Crippen LogP contribution is 2.16. The number of morpholine rings is 1. The molecule has 0 spiro atoms. The summed E-state index contributed by atoms with van der Waals surface area (Å²) in [6, 6.07) is 0.341. The highest BCUT2D eigenvalue weighted by atomic mass is 16.5. The van der Waals surface area contributed by atoms with Crippen LogP contribution in [0.2, 0.25) is 0 Å². The molecule has 2 fully saturated rings. The Morgan fingerprint density at radius 1 is 1.35 bits per heavy atom. The van der Waals surface area contributed by atoms with Crippen LogP contribution in [-0.2, 0) is 4.74 Å². The van der Waals surface area contributed by atoms with E-state index in [9.17, 15) is 4.79 Å². The summed E-state index contributed by atoms with van der Waals surface area (Å²) in [6.45, 7) is 4.66. The van der Waals surface area contributed by atoms with Crippen molar-refractivity contribution >= 4 is 5.91 Å². The molecule has 0 radical (unpaired) electrons. The molecule has 1 amide bonds. The molecule has 0 aliphatic carbocycles. The molecule has 2 saturated heterocycles. The molecule has 1 aromatic heterocycles. The van der Waals surface area contributed by atoms with Crippen LogP contribution in [0.5, 0.6) is 0 Å². The lowest BCUT2D eigenvalue weighted by molar-refractivity contribution is 0.0124. The normalized spacial score (nSPS) is 21.8. The first-order valence-corrected chi connectivity index (χ1v) is 7.09. The van der Waals surface area contributed by atoms with Crippen LogP contribution in [0.3, 0.4) is 0 Å². The SMILES string of the molecule is O=C(NN1CCOCC1)c1cn(C2CCNCC2)nn1. The van der Waals surface area contributed by atoms with Crippen LogP contribution < -0.4 is 10.7 Å². The summed E-state index contributed by atoms with van der Waals surface area (Å²) in [7, 11) is 0. The Labute approximate surface area is 117 Å². The van der Waals surface area contributed by atoms with Crippen LogP contribution in [0.1, 0.15) is 29.4 Å². The van der Waals surface area contributed by atoms with Gasteiger partial charge >= 0.3 is 0 Å². The zero-order valence-corrected chi connectivity index (χ0v) is 11.4. The molecule has 1 aromatic rings. The maximum Gasteiger partial charge on any atom is 0.287 e. The Bertz CT molecular complexity index is 451. The summed E-state index contributed by atoms with van der Waals surface area (Å²) in [5, 5.41) is 13.2. The lowest BCUT2D eigenvalue weighted by atomic mass is 10.1. The number of aromatic nitrogens is 3. The number of rotatable bonds is 3. The summed E-state index contributed by atoms with van der Waals surface area (Å²) in [5.74, 6) is -0.202. The average molecular weight is 280 g/mol. The number of carbonyl (C=O) groups is 1. The standard InChI is InChI=1S/C12H20N6O2/c19-12(15-17-5-7-20-8-6-17)11-9-18(16-14-11)10-1-3-13-4-2-10/h9-10,13H,1-8H2,(H,15,19). The van der Waals surface area contributed by atoms with E-state index in [1.54, 1.807) is 6.20 Å². The van der Waals surface area contributed by atoms with Gasteiger partial charge in [-0.05, 0) is 25.9 Å². The Morgan fingerprint density at radius 3 is 2.85 bits per heavy atom. The molecule has 20 heavy (non-hydrogen) atoms. The minimum atomic E-state index is -0.202. The van der Waals surface area contributed by atoms with Gasteiger partial charge in [-0.1, -0.05) is 5.21 Å². The van der Waals surface area contributed by atoms with E-state index in [1.165, 1.54) is 0 Å². The van der Waals surface area contributed by atoms with Crippen molar-refractivity contribution in [2.24, 2.45) is 0 Å². The van der Waals surface area contributed by atoms with Gasteiger partial charge < -0.3 is 10.1 Å². The lowest BCUT2D eigenvalue weighted by Crippen LogP contribution is -2.48. The van der Waals surface area contributed by atoms with Crippen LogP contribution in [0.25, 0.3) is 0 Å². The number of nitrogens with one attached hydrogen (secondary N) is 2. The van der Waals surface area contributed by atoms with Gasteiger partial charge in [0.25, 0.3) is 5.91 Å². The second kappa shape index (κ2) is 6.29. The highest BCUT2D eigenvalue weighted by molar-refractivity contribution is 5.91. The van der Waals surface area contributed by atoms with Gasteiger partial charge in [0, 0.05) is 13.1 Å². The van der Waals surface area contributed by atoms with Crippen molar-refractivity contribution in [3.8, 4) is 0 Å². The first-order valence-electron chi connectivity index (χ1n) is 7.09. The maximum absolute atomic E-state index is 12.1. The van der Waals surface area contributed by atoms with Gasteiger partial charge in [0.15, 0.2) is 5.69 Å². The molecule has 3 rings (SSSR count). The van der Waals surface area contributed by atoms with Crippen molar-refractivity contribution in [3.05, 3.63) is 11.9 Å². The lowest BCUT2D eigenvalue weighted by Gasteiger charge is -2.26. The molecular formula is C12H20N6O2. The molecule has 0 aromatic carbocycles. The molecule has 110 valence electrons. The second-order valence-electron chi connectivity index (χ2n) is 5.11. The summed E-state index contributed by atoms with van der Waals surface area (Å²) in [5.41, 5.74) is 3.21. The molecule has 8 nitrogen and oxygen atoms in total. The molecule has 0 atom stereocenters. The van der Waals surface area contributed by atoms with Crippen LogP contribution in [0, 0.1) is 0 Å². The molecular weight excluding hydrogens is 260 g/mol. The number of nitrogens with zero attached hydrogens (tertiary/aromatic N) is 4. The number of piperidine rings is 1. The van der Waals surface area contributed by atoms with Gasteiger partial charge in [-0.15, -0.1) is 5.10 Å².